The summed E-state index contributed by atoms with van der Waals surface area (Å²) in [6.45, 7) is 0.972. The van der Waals surface area contributed by atoms with Gasteiger partial charge in [0, 0.05) is 24.3 Å². The normalized spacial score (nSPS) is 16.8. The molecule has 1 atom stereocenters. The van der Waals surface area contributed by atoms with Crippen molar-refractivity contribution in [1.82, 2.24) is 14.9 Å². The number of amides is 1. The molecule has 0 radical (unpaired) electrons. The predicted octanol–water partition coefficient (Wildman–Crippen LogP) is 2.60. The van der Waals surface area contributed by atoms with E-state index in [0.29, 0.717) is 18.7 Å². The van der Waals surface area contributed by atoms with Crippen LogP contribution in [-0.4, -0.2) is 42.0 Å². The van der Waals surface area contributed by atoms with Gasteiger partial charge in [-0.3, -0.25) is 4.79 Å². The average molecular weight is 381 g/mol. The van der Waals surface area contributed by atoms with Gasteiger partial charge >= 0.3 is 0 Å². The monoisotopic (exact) mass is 381 g/mol. The second-order valence-corrected chi connectivity index (χ2v) is 8.73. The zero-order valence-electron chi connectivity index (χ0n) is 14.8. The van der Waals surface area contributed by atoms with Crippen molar-refractivity contribution in [3.8, 4) is 0 Å². The van der Waals surface area contributed by atoms with Gasteiger partial charge in [0.1, 0.15) is 0 Å². The van der Waals surface area contributed by atoms with Crippen LogP contribution >= 0.6 is 0 Å². The highest BCUT2D eigenvalue weighted by molar-refractivity contribution is 7.90. The first-order chi connectivity index (χ1) is 12.9. The van der Waals surface area contributed by atoms with Gasteiger partial charge in [-0.2, -0.15) is 0 Å². The molecule has 0 fully saturated rings. The fourth-order valence-electron chi connectivity index (χ4n) is 3.45. The van der Waals surface area contributed by atoms with Crippen molar-refractivity contribution in [3.63, 3.8) is 0 Å². The molecule has 7 heteroatoms. The first kappa shape index (κ1) is 17.5. The van der Waals surface area contributed by atoms with Gasteiger partial charge in [0.25, 0.3) is 5.91 Å². The molecule has 4 rings (SSSR count). The quantitative estimate of drug-likeness (QED) is 0.756. The maximum atomic E-state index is 13.0. The topological polar surface area (TPSA) is 83.1 Å². The molecule has 1 aliphatic heterocycles. The van der Waals surface area contributed by atoms with Gasteiger partial charge in [-0.25, -0.2) is 13.4 Å². The summed E-state index contributed by atoms with van der Waals surface area (Å²) in [6.07, 6.45) is 2.81. The fourth-order valence-corrected chi connectivity index (χ4v) is 4.08. The Labute approximate surface area is 157 Å². The molecule has 1 N–H and O–H groups in total. The van der Waals surface area contributed by atoms with Crippen molar-refractivity contribution in [1.29, 1.82) is 0 Å². The number of carbonyl (C=O) groups excluding carboxylic acids is 1. The van der Waals surface area contributed by atoms with Gasteiger partial charge in [-0.1, -0.05) is 30.3 Å². The lowest BCUT2D eigenvalue weighted by molar-refractivity contribution is 0.0722. The summed E-state index contributed by atoms with van der Waals surface area (Å²) >= 11 is 0. The van der Waals surface area contributed by atoms with E-state index in [2.05, 4.69) is 9.97 Å². The molecular formula is C20H19N3O3S. The maximum Gasteiger partial charge on any atom is 0.254 e. The van der Waals surface area contributed by atoms with Crippen molar-refractivity contribution >= 4 is 15.7 Å². The first-order valence-electron chi connectivity index (χ1n) is 8.60. The molecule has 1 aliphatic rings. The van der Waals surface area contributed by atoms with Gasteiger partial charge in [0.2, 0.25) is 0 Å². The molecule has 3 aromatic rings. The number of rotatable bonds is 3. The summed E-state index contributed by atoms with van der Waals surface area (Å²) in [5.74, 6) is -0.128. The highest BCUT2D eigenvalue weighted by atomic mass is 32.2. The lowest BCUT2D eigenvalue weighted by Crippen LogP contribution is -2.38. The van der Waals surface area contributed by atoms with E-state index in [1.807, 2.05) is 30.3 Å². The minimum atomic E-state index is -3.29. The Hall–Kier alpha value is -2.93. The Kier molecular flexibility index (Phi) is 4.31. The smallest absolute Gasteiger partial charge is 0.254 e. The van der Waals surface area contributed by atoms with Crippen LogP contribution in [0.5, 0.6) is 0 Å². The van der Waals surface area contributed by atoms with Gasteiger partial charge in [0.15, 0.2) is 9.84 Å². The summed E-state index contributed by atoms with van der Waals surface area (Å²) in [7, 11) is -3.29. The molecule has 0 saturated carbocycles. The van der Waals surface area contributed by atoms with Crippen molar-refractivity contribution in [3.05, 3.63) is 83.4 Å². The number of aromatic nitrogens is 2. The molecule has 27 heavy (non-hydrogen) atoms. The molecule has 1 unspecified atom stereocenters. The number of carbonyl (C=O) groups is 1. The van der Waals surface area contributed by atoms with E-state index in [9.17, 15) is 13.2 Å². The number of benzene rings is 2. The zero-order chi connectivity index (χ0) is 19.0. The van der Waals surface area contributed by atoms with Crippen LogP contribution in [0.25, 0.3) is 0 Å². The predicted molar refractivity (Wildman–Crippen MR) is 101 cm³/mol. The van der Waals surface area contributed by atoms with E-state index in [-0.39, 0.29) is 16.7 Å². The average Bonchev–Trinajstić information content (AvgIpc) is 3.15. The molecule has 0 spiro atoms. The van der Waals surface area contributed by atoms with Crippen molar-refractivity contribution in [2.75, 3.05) is 12.8 Å². The molecule has 0 saturated heterocycles. The maximum absolute atomic E-state index is 13.0. The third kappa shape index (κ3) is 3.38. The summed E-state index contributed by atoms with van der Waals surface area (Å²) in [5, 5.41) is 0. The number of nitrogens with one attached hydrogen (secondary N) is 1. The van der Waals surface area contributed by atoms with E-state index in [1.165, 1.54) is 12.1 Å². The van der Waals surface area contributed by atoms with Crippen LogP contribution in [0.3, 0.4) is 0 Å². The molecule has 0 bridgehead atoms. The number of hydrogen-bond donors (Lipinski definition) is 1. The summed E-state index contributed by atoms with van der Waals surface area (Å²) in [5.41, 5.74) is 3.47. The molecule has 2 heterocycles. The summed E-state index contributed by atoms with van der Waals surface area (Å²) in [6, 6.07) is 16.1. The zero-order valence-corrected chi connectivity index (χ0v) is 15.6. The Morgan fingerprint density at radius 3 is 2.48 bits per heavy atom. The third-order valence-corrected chi connectivity index (χ3v) is 5.98. The lowest BCUT2D eigenvalue weighted by atomic mass is 9.90. The van der Waals surface area contributed by atoms with Crippen molar-refractivity contribution < 1.29 is 13.2 Å². The summed E-state index contributed by atoms with van der Waals surface area (Å²) < 4.78 is 23.2. The second kappa shape index (κ2) is 6.66. The Bertz CT molecular complexity index is 1070. The lowest BCUT2D eigenvalue weighted by Gasteiger charge is -2.32. The number of aromatic amines is 1. The highest BCUT2D eigenvalue weighted by Crippen LogP contribution is 2.32. The first-order valence-corrected chi connectivity index (χ1v) is 10.5. The van der Waals surface area contributed by atoms with Crippen LogP contribution < -0.4 is 0 Å². The largest absolute Gasteiger partial charge is 0.347 e. The molecule has 0 aliphatic carbocycles. The van der Waals surface area contributed by atoms with Crippen LogP contribution in [0.2, 0.25) is 0 Å². The van der Waals surface area contributed by atoms with Crippen molar-refractivity contribution in [2.45, 2.75) is 17.4 Å². The van der Waals surface area contributed by atoms with Crippen LogP contribution in [-0.2, 0) is 16.4 Å². The van der Waals surface area contributed by atoms with E-state index >= 15 is 0 Å². The van der Waals surface area contributed by atoms with Gasteiger partial charge in [-0.15, -0.1) is 0 Å². The van der Waals surface area contributed by atoms with Gasteiger partial charge in [0.05, 0.1) is 29.2 Å². The molecule has 2 aromatic carbocycles. The Balaban J connectivity index is 1.64. The van der Waals surface area contributed by atoms with E-state index in [0.717, 1.165) is 23.2 Å². The highest BCUT2D eigenvalue weighted by Gasteiger charge is 2.31. The Morgan fingerprint density at radius 1 is 1.11 bits per heavy atom. The molecule has 1 aromatic heterocycles. The van der Waals surface area contributed by atoms with Crippen molar-refractivity contribution in [2.24, 2.45) is 0 Å². The minimum Gasteiger partial charge on any atom is -0.347 e. The number of hydrogen-bond acceptors (Lipinski definition) is 4. The summed E-state index contributed by atoms with van der Waals surface area (Å²) in [4.78, 5) is 22.6. The molecular weight excluding hydrogens is 362 g/mol. The minimum absolute atomic E-state index is 0.000410. The third-order valence-electron chi connectivity index (χ3n) is 4.85. The van der Waals surface area contributed by atoms with Crippen LogP contribution in [0.15, 0.2) is 65.8 Å². The molecule has 6 nitrogen and oxygen atoms in total. The standard InChI is InChI=1S/C20H19N3O3S/c1-27(25,26)16-9-7-15(8-10-16)20(24)23-11-17(14-5-3-2-4-6-14)19-18(12-23)21-13-22-19/h2-10,13,17H,11-12H2,1H3,(H,21,22). The molecule has 138 valence electrons. The van der Waals surface area contributed by atoms with Crippen LogP contribution in [0.1, 0.15) is 33.2 Å². The van der Waals surface area contributed by atoms with Gasteiger partial charge in [-0.05, 0) is 29.8 Å². The number of nitrogens with zero attached hydrogens (tertiary/aromatic N) is 2. The van der Waals surface area contributed by atoms with Crippen LogP contribution in [0, 0.1) is 0 Å². The number of sulfone groups is 1. The number of fused-ring (bicyclic) bond motifs is 1. The Morgan fingerprint density at radius 2 is 1.81 bits per heavy atom. The number of imidazole rings is 1. The SMILES string of the molecule is CS(=O)(=O)c1ccc(C(=O)N2Cc3[nH]cnc3C(c3ccccc3)C2)cc1. The van der Waals surface area contributed by atoms with E-state index < -0.39 is 9.84 Å². The molecule has 1 amide bonds. The second-order valence-electron chi connectivity index (χ2n) is 6.71. The van der Waals surface area contributed by atoms with Gasteiger partial charge < -0.3 is 9.88 Å². The number of H-pyrrole nitrogens is 1. The van der Waals surface area contributed by atoms with E-state index in [1.54, 1.807) is 23.4 Å². The fraction of sp³-hybridized carbons (Fsp3) is 0.200. The van der Waals surface area contributed by atoms with Crippen LogP contribution in [0.4, 0.5) is 0 Å². The van der Waals surface area contributed by atoms with E-state index in [4.69, 9.17) is 0 Å².